The molecule has 0 aromatic heterocycles. The highest BCUT2D eigenvalue weighted by Gasteiger charge is 2.30. The summed E-state index contributed by atoms with van der Waals surface area (Å²) >= 11 is 0. The van der Waals surface area contributed by atoms with Crippen LogP contribution in [0.1, 0.15) is 25.7 Å². The molecule has 0 aromatic rings. The van der Waals surface area contributed by atoms with Crippen LogP contribution in [0.5, 0.6) is 0 Å². The van der Waals surface area contributed by atoms with Crippen LogP contribution in [0, 0.1) is 11.8 Å². The van der Waals surface area contributed by atoms with Gasteiger partial charge in [-0.15, -0.1) is 12.4 Å². The molecule has 0 atom stereocenters. The molecule has 3 N–H and O–H groups in total. The van der Waals surface area contributed by atoms with Crippen molar-refractivity contribution in [3.63, 3.8) is 0 Å². The summed E-state index contributed by atoms with van der Waals surface area (Å²) in [4.78, 5) is 35.5. The minimum Gasteiger partial charge on any atom is -0.294 e. The maximum Gasteiger partial charge on any atom is 0.253 e. The topological polar surface area (TPSA) is 92.5 Å². The van der Waals surface area contributed by atoms with Crippen molar-refractivity contribution >= 4 is 30.1 Å². The molecule has 6 nitrogen and oxygen atoms in total. The second-order valence-corrected chi connectivity index (χ2v) is 4.85. The molecular formula is C12H18ClN3O3. The lowest BCUT2D eigenvalue weighted by Gasteiger charge is -2.29. The van der Waals surface area contributed by atoms with Crippen LogP contribution < -0.4 is 11.3 Å². The predicted octanol–water partition coefficient (Wildman–Crippen LogP) is 0.129. The van der Waals surface area contributed by atoms with Crippen LogP contribution in [0.25, 0.3) is 0 Å². The highest BCUT2D eigenvalue weighted by molar-refractivity contribution is 6.12. The van der Waals surface area contributed by atoms with Crippen LogP contribution in [-0.2, 0) is 14.4 Å². The smallest absolute Gasteiger partial charge is 0.253 e. The lowest BCUT2D eigenvalue weighted by Crippen LogP contribution is -2.40. The molecule has 0 radical (unpaired) electrons. The Kier molecular flexibility index (Phi) is 5.50. The molecule has 1 fully saturated rings. The van der Waals surface area contributed by atoms with Gasteiger partial charge < -0.3 is 0 Å². The third kappa shape index (κ3) is 3.54. The first-order chi connectivity index (χ1) is 8.61. The van der Waals surface area contributed by atoms with Crippen LogP contribution >= 0.6 is 12.4 Å². The normalized spacial score (nSPS) is 26.3. The number of rotatable bonds is 3. The number of carbonyl (C=O) groups excluding carboxylic acids is 3. The highest BCUT2D eigenvalue weighted by Crippen LogP contribution is 2.29. The molecule has 2 aliphatic rings. The quantitative estimate of drug-likeness (QED) is 0.334. The zero-order valence-electron chi connectivity index (χ0n) is 10.5. The van der Waals surface area contributed by atoms with E-state index in [9.17, 15) is 14.4 Å². The van der Waals surface area contributed by atoms with Crippen molar-refractivity contribution in [3.05, 3.63) is 12.2 Å². The van der Waals surface area contributed by atoms with Crippen LogP contribution in [0.2, 0.25) is 0 Å². The van der Waals surface area contributed by atoms with Crippen molar-refractivity contribution < 1.29 is 14.4 Å². The van der Waals surface area contributed by atoms with Gasteiger partial charge in [0, 0.05) is 24.6 Å². The summed E-state index contributed by atoms with van der Waals surface area (Å²) in [5.41, 5.74) is 2.17. The van der Waals surface area contributed by atoms with E-state index in [2.05, 4.69) is 5.43 Å². The van der Waals surface area contributed by atoms with E-state index in [4.69, 9.17) is 5.84 Å². The van der Waals surface area contributed by atoms with Gasteiger partial charge in [-0.2, -0.15) is 0 Å². The van der Waals surface area contributed by atoms with E-state index in [0.717, 1.165) is 25.7 Å². The second kappa shape index (κ2) is 6.68. The van der Waals surface area contributed by atoms with E-state index >= 15 is 0 Å². The minimum atomic E-state index is -0.234. The maximum atomic E-state index is 11.4. The number of carbonyl (C=O) groups is 3. The lowest BCUT2D eigenvalue weighted by molar-refractivity contribution is -0.138. The number of halogens is 1. The zero-order chi connectivity index (χ0) is 13.1. The van der Waals surface area contributed by atoms with Crippen LogP contribution in [0.15, 0.2) is 12.2 Å². The molecule has 3 amide bonds. The number of nitrogens with one attached hydrogen (secondary N) is 1. The third-order valence-corrected chi connectivity index (χ3v) is 3.70. The van der Waals surface area contributed by atoms with E-state index in [1.807, 2.05) is 0 Å². The van der Waals surface area contributed by atoms with Crippen LogP contribution in [-0.4, -0.2) is 29.2 Å². The molecule has 0 aromatic carbocycles. The second-order valence-electron chi connectivity index (χ2n) is 4.85. The van der Waals surface area contributed by atoms with E-state index in [-0.39, 0.29) is 36.0 Å². The minimum absolute atomic E-state index is 0. The highest BCUT2D eigenvalue weighted by atomic mass is 35.5. The van der Waals surface area contributed by atoms with Crippen LogP contribution in [0.4, 0.5) is 0 Å². The number of imide groups is 1. The molecule has 0 saturated heterocycles. The summed E-state index contributed by atoms with van der Waals surface area (Å²) in [5, 5.41) is 0. The molecule has 2 rings (SSSR count). The Morgan fingerprint density at radius 1 is 1.21 bits per heavy atom. The summed E-state index contributed by atoms with van der Waals surface area (Å²) in [5.74, 6) is 4.77. The summed E-state index contributed by atoms with van der Waals surface area (Å²) in [6.45, 7) is 0.460. The van der Waals surface area contributed by atoms with E-state index in [1.54, 1.807) is 0 Å². The van der Waals surface area contributed by atoms with Crippen molar-refractivity contribution in [1.82, 2.24) is 10.3 Å². The Morgan fingerprint density at radius 3 is 2.21 bits per heavy atom. The van der Waals surface area contributed by atoms with Crippen molar-refractivity contribution in [3.8, 4) is 0 Å². The molecule has 0 bridgehead atoms. The Morgan fingerprint density at radius 2 is 1.74 bits per heavy atom. The number of hydrogen-bond acceptors (Lipinski definition) is 4. The summed E-state index contributed by atoms with van der Waals surface area (Å²) in [6, 6.07) is 0. The summed E-state index contributed by atoms with van der Waals surface area (Å²) in [6.07, 6.45) is 5.81. The zero-order valence-corrected chi connectivity index (χ0v) is 11.3. The average Bonchev–Trinajstić information content (AvgIpc) is 2.70. The standard InChI is InChI=1S/C12H17N3O3.ClH/c13-14-12(18)9-3-1-8(2-4-9)7-15-10(16)5-6-11(15)17;/h5-6,8-9H,1-4,7,13H2,(H,14,18);1H. The van der Waals surface area contributed by atoms with Crippen molar-refractivity contribution in [1.29, 1.82) is 0 Å². The van der Waals surface area contributed by atoms with Gasteiger partial charge in [0.15, 0.2) is 0 Å². The third-order valence-electron chi connectivity index (χ3n) is 3.70. The lowest BCUT2D eigenvalue weighted by atomic mass is 9.81. The molecule has 1 aliphatic heterocycles. The Hall–Kier alpha value is -1.40. The number of hydrogen-bond donors (Lipinski definition) is 2. The number of hydrazine groups is 1. The SMILES string of the molecule is Cl.NNC(=O)C1CCC(CN2C(=O)C=CC2=O)CC1. The van der Waals surface area contributed by atoms with Crippen molar-refractivity contribution in [2.24, 2.45) is 17.7 Å². The Labute approximate surface area is 117 Å². The Balaban J connectivity index is 0.00000180. The molecule has 1 heterocycles. The average molecular weight is 288 g/mol. The fourth-order valence-corrected chi connectivity index (χ4v) is 2.59. The summed E-state index contributed by atoms with van der Waals surface area (Å²) in [7, 11) is 0. The molecule has 1 saturated carbocycles. The van der Waals surface area contributed by atoms with E-state index < -0.39 is 0 Å². The van der Waals surface area contributed by atoms with Gasteiger partial charge in [-0.05, 0) is 31.6 Å². The maximum absolute atomic E-state index is 11.4. The van der Waals surface area contributed by atoms with Crippen molar-refractivity contribution in [2.75, 3.05) is 6.54 Å². The molecule has 1 aliphatic carbocycles. The molecule has 19 heavy (non-hydrogen) atoms. The first-order valence-electron chi connectivity index (χ1n) is 6.16. The number of nitrogens with two attached hydrogens (primary N) is 1. The fraction of sp³-hybridized carbons (Fsp3) is 0.583. The predicted molar refractivity (Wildman–Crippen MR) is 70.9 cm³/mol. The van der Waals surface area contributed by atoms with Gasteiger partial charge in [-0.3, -0.25) is 24.7 Å². The largest absolute Gasteiger partial charge is 0.294 e. The van der Waals surface area contributed by atoms with Gasteiger partial charge in [0.25, 0.3) is 11.8 Å². The number of nitrogens with zero attached hydrogens (tertiary/aromatic N) is 1. The van der Waals surface area contributed by atoms with E-state index in [1.165, 1.54) is 17.1 Å². The van der Waals surface area contributed by atoms with Gasteiger partial charge in [0.2, 0.25) is 5.91 Å². The molecule has 0 unspecified atom stereocenters. The molecule has 106 valence electrons. The van der Waals surface area contributed by atoms with Crippen molar-refractivity contribution in [2.45, 2.75) is 25.7 Å². The van der Waals surface area contributed by atoms with Gasteiger partial charge >= 0.3 is 0 Å². The summed E-state index contributed by atoms with van der Waals surface area (Å²) < 4.78 is 0. The molecule has 0 spiro atoms. The monoisotopic (exact) mass is 287 g/mol. The fourth-order valence-electron chi connectivity index (χ4n) is 2.59. The van der Waals surface area contributed by atoms with Gasteiger partial charge in [-0.1, -0.05) is 0 Å². The number of amides is 3. The van der Waals surface area contributed by atoms with Gasteiger partial charge in [0.05, 0.1) is 0 Å². The van der Waals surface area contributed by atoms with E-state index in [0.29, 0.717) is 12.5 Å². The Bertz CT molecular complexity index is 385. The first-order valence-corrected chi connectivity index (χ1v) is 6.16. The molecular weight excluding hydrogens is 270 g/mol. The van der Waals surface area contributed by atoms with Gasteiger partial charge in [0.1, 0.15) is 0 Å². The first kappa shape index (κ1) is 15.7. The molecule has 7 heteroatoms. The van der Waals surface area contributed by atoms with Gasteiger partial charge in [-0.25, -0.2) is 5.84 Å². The van der Waals surface area contributed by atoms with Crippen LogP contribution in [0.3, 0.4) is 0 Å².